The zero-order chi connectivity index (χ0) is 13.6. The van der Waals surface area contributed by atoms with E-state index in [0.717, 1.165) is 0 Å². The summed E-state index contributed by atoms with van der Waals surface area (Å²) >= 11 is 0. The quantitative estimate of drug-likeness (QED) is 0.813. The van der Waals surface area contributed by atoms with Crippen molar-refractivity contribution in [3.8, 4) is 24.2 Å². The molecule has 0 aliphatic rings. The Morgan fingerprint density at radius 3 is 2.56 bits per heavy atom. The lowest BCUT2D eigenvalue weighted by Crippen LogP contribution is -2.44. The molecule has 0 atom stereocenters. The van der Waals surface area contributed by atoms with Crippen LogP contribution in [0.15, 0.2) is 24.3 Å². The second-order valence-corrected chi connectivity index (χ2v) is 4.24. The highest BCUT2D eigenvalue weighted by Gasteiger charge is 2.16. The molecule has 1 aromatic carbocycles. The van der Waals surface area contributed by atoms with Gasteiger partial charge in [-0.15, -0.1) is 6.42 Å². The summed E-state index contributed by atoms with van der Waals surface area (Å²) in [4.78, 5) is 11.5. The van der Waals surface area contributed by atoms with Gasteiger partial charge in [0.05, 0.1) is 17.2 Å². The second kappa shape index (κ2) is 5.75. The zero-order valence-corrected chi connectivity index (χ0v) is 10.4. The highest BCUT2D eigenvalue weighted by atomic mass is 16.5. The number of terminal acetylenes is 1. The number of hydrogen-bond donors (Lipinski definition) is 1. The van der Waals surface area contributed by atoms with Crippen molar-refractivity contribution in [1.82, 2.24) is 5.32 Å². The zero-order valence-electron chi connectivity index (χ0n) is 10.4. The van der Waals surface area contributed by atoms with Crippen molar-refractivity contribution in [2.45, 2.75) is 19.4 Å². The highest BCUT2D eigenvalue weighted by molar-refractivity contribution is 5.78. The van der Waals surface area contributed by atoms with Crippen LogP contribution in [0.25, 0.3) is 0 Å². The maximum atomic E-state index is 11.5. The Morgan fingerprint density at radius 2 is 2.06 bits per heavy atom. The molecule has 0 heterocycles. The van der Waals surface area contributed by atoms with Crippen LogP contribution < -0.4 is 10.1 Å². The lowest BCUT2D eigenvalue weighted by molar-refractivity contribution is -0.124. The fraction of sp³-hybridized carbons (Fsp3) is 0.286. The standard InChI is InChI=1S/C14H14N2O2/c1-4-14(2,3)16-13(17)10-18-12-7-5-11(9-15)6-8-12/h1,5-8H,10H2,2-3H3,(H,16,17). The number of nitrogens with zero attached hydrogens (tertiary/aromatic N) is 1. The summed E-state index contributed by atoms with van der Waals surface area (Å²) in [5.74, 6) is 2.70. The molecule has 0 aromatic heterocycles. The van der Waals surface area contributed by atoms with Crippen LogP contribution in [0, 0.1) is 23.7 Å². The highest BCUT2D eigenvalue weighted by Crippen LogP contribution is 2.11. The molecule has 1 aromatic rings. The van der Waals surface area contributed by atoms with E-state index < -0.39 is 5.54 Å². The number of amides is 1. The van der Waals surface area contributed by atoms with Crippen LogP contribution in [-0.2, 0) is 4.79 Å². The molecule has 4 nitrogen and oxygen atoms in total. The predicted octanol–water partition coefficient (Wildman–Crippen LogP) is 1.47. The molecule has 0 aliphatic heterocycles. The molecular formula is C14H14N2O2. The molecule has 1 rings (SSSR count). The van der Waals surface area contributed by atoms with Crippen LogP contribution in [0.2, 0.25) is 0 Å². The molecule has 0 radical (unpaired) electrons. The Balaban J connectivity index is 2.48. The third kappa shape index (κ3) is 4.19. The third-order valence-electron chi connectivity index (χ3n) is 2.17. The van der Waals surface area contributed by atoms with Crippen molar-refractivity contribution >= 4 is 5.91 Å². The van der Waals surface area contributed by atoms with E-state index in [1.165, 1.54) is 0 Å². The van der Waals surface area contributed by atoms with Crippen molar-refractivity contribution in [3.63, 3.8) is 0 Å². The summed E-state index contributed by atoms with van der Waals surface area (Å²) in [6, 6.07) is 8.52. The van der Waals surface area contributed by atoms with Gasteiger partial charge in [-0.05, 0) is 38.1 Å². The van der Waals surface area contributed by atoms with E-state index in [2.05, 4.69) is 11.2 Å². The smallest absolute Gasteiger partial charge is 0.259 e. The van der Waals surface area contributed by atoms with Crippen LogP contribution in [0.5, 0.6) is 5.75 Å². The van der Waals surface area contributed by atoms with Gasteiger partial charge in [0.15, 0.2) is 6.61 Å². The summed E-state index contributed by atoms with van der Waals surface area (Å²) < 4.78 is 5.27. The first-order valence-electron chi connectivity index (χ1n) is 5.38. The Hall–Kier alpha value is -2.46. The molecule has 18 heavy (non-hydrogen) atoms. The van der Waals surface area contributed by atoms with Gasteiger partial charge in [-0.3, -0.25) is 4.79 Å². The summed E-state index contributed by atoms with van der Waals surface area (Å²) in [5.41, 5.74) is -0.147. The van der Waals surface area contributed by atoms with Gasteiger partial charge in [0.25, 0.3) is 5.91 Å². The summed E-state index contributed by atoms with van der Waals surface area (Å²) in [5, 5.41) is 11.3. The van der Waals surface area contributed by atoms with Gasteiger partial charge in [-0.25, -0.2) is 0 Å². The summed E-state index contributed by atoms with van der Waals surface area (Å²) in [7, 11) is 0. The van der Waals surface area contributed by atoms with Crippen molar-refractivity contribution in [2.75, 3.05) is 6.61 Å². The molecule has 0 saturated carbocycles. The molecular weight excluding hydrogens is 228 g/mol. The van der Waals surface area contributed by atoms with Crippen LogP contribution in [0.3, 0.4) is 0 Å². The second-order valence-electron chi connectivity index (χ2n) is 4.24. The van der Waals surface area contributed by atoms with Crippen LogP contribution in [0.4, 0.5) is 0 Å². The number of carbonyl (C=O) groups excluding carboxylic acids is 1. The van der Waals surface area contributed by atoms with Gasteiger partial charge in [0.2, 0.25) is 0 Å². The minimum atomic E-state index is -0.689. The summed E-state index contributed by atoms with van der Waals surface area (Å²) in [6.45, 7) is 3.34. The van der Waals surface area contributed by atoms with E-state index in [4.69, 9.17) is 16.4 Å². The molecule has 0 saturated heterocycles. The van der Waals surface area contributed by atoms with Crippen molar-refractivity contribution in [3.05, 3.63) is 29.8 Å². The van der Waals surface area contributed by atoms with Crippen LogP contribution in [-0.4, -0.2) is 18.1 Å². The number of rotatable bonds is 4. The Labute approximate surface area is 107 Å². The third-order valence-corrected chi connectivity index (χ3v) is 2.17. The van der Waals surface area contributed by atoms with Crippen molar-refractivity contribution < 1.29 is 9.53 Å². The first-order valence-corrected chi connectivity index (χ1v) is 5.38. The number of ether oxygens (including phenoxy) is 1. The number of benzene rings is 1. The lowest BCUT2D eigenvalue weighted by Gasteiger charge is -2.19. The Bertz CT molecular complexity index is 504. The molecule has 92 valence electrons. The molecule has 1 amide bonds. The Morgan fingerprint density at radius 1 is 1.44 bits per heavy atom. The fourth-order valence-electron chi connectivity index (χ4n) is 1.20. The lowest BCUT2D eigenvalue weighted by atomic mass is 10.1. The van der Waals surface area contributed by atoms with Gasteiger partial charge >= 0.3 is 0 Å². The minimum absolute atomic E-state index is 0.114. The normalized spacial score (nSPS) is 10.0. The monoisotopic (exact) mass is 242 g/mol. The summed E-state index contributed by atoms with van der Waals surface area (Å²) in [6.07, 6.45) is 5.26. The topological polar surface area (TPSA) is 62.1 Å². The average Bonchev–Trinajstić information content (AvgIpc) is 2.36. The largest absolute Gasteiger partial charge is 0.484 e. The molecule has 0 bridgehead atoms. The maximum Gasteiger partial charge on any atom is 0.259 e. The van der Waals surface area contributed by atoms with Crippen molar-refractivity contribution in [2.24, 2.45) is 0 Å². The van der Waals surface area contributed by atoms with Crippen LogP contribution in [0.1, 0.15) is 19.4 Å². The molecule has 0 fully saturated rings. The van der Waals surface area contributed by atoms with E-state index in [1.807, 2.05) is 6.07 Å². The van der Waals surface area contributed by atoms with Gasteiger partial charge in [0, 0.05) is 0 Å². The van der Waals surface area contributed by atoms with Crippen molar-refractivity contribution in [1.29, 1.82) is 5.26 Å². The van der Waals surface area contributed by atoms with E-state index >= 15 is 0 Å². The van der Waals surface area contributed by atoms with Gasteiger partial charge in [-0.2, -0.15) is 5.26 Å². The van der Waals surface area contributed by atoms with Crippen LogP contribution >= 0.6 is 0 Å². The Kier molecular flexibility index (Phi) is 4.34. The van der Waals surface area contributed by atoms with Gasteiger partial charge < -0.3 is 10.1 Å². The van der Waals surface area contributed by atoms with E-state index in [1.54, 1.807) is 38.1 Å². The number of carbonyl (C=O) groups is 1. The molecule has 0 aliphatic carbocycles. The first-order chi connectivity index (χ1) is 8.46. The molecule has 1 N–H and O–H groups in total. The number of nitrogens with one attached hydrogen (secondary N) is 1. The SMILES string of the molecule is C#CC(C)(C)NC(=O)COc1ccc(C#N)cc1. The fourth-order valence-corrected chi connectivity index (χ4v) is 1.20. The number of hydrogen-bond acceptors (Lipinski definition) is 3. The van der Waals surface area contributed by atoms with E-state index in [0.29, 0.717) is 11.3 Å². The number of nitriles is 1. The van der Waals surface area contributed by atoms with E-state index in [9.17, 15) is 4.79 Å². The van der Waals surface area contributed by atoms with E-state index in [-0.39, 0.29) is 12.5 Å². The first kappa shape index (κ1) is 13.6. The molecule has 0 spiro atoms. The predicted molar refractivity (Wildman–Crippen MR) is 67.7 cm³/mol. The maximum absolute atomic E-state index is 11.5. The average molecular weight is 242 g/mol. The van der Waals surface area contributed by atoms with Gasteiger partial charge in [0.1, 0.15) is 5.75 Å². The minimum Gasteiger partial charge on any atom is -0.484 e. The molecule has 4 heteroatoms. The van der Waals surface area contributed by atoms with Gasteiger partial charge in [-0.1, -0.05) is 5.92 Å². The molecule has 0 unspecified atom stereocenters.